The molecule has 0 fully saturated rings. The van der Waals surface area contributed by atoms with Crippen molar-refractivity contribution in [2.24, 2.45) is 0 Å². The predicted octanol–water partition coefficient (Wildman–Crippen LogP) is 15.6. The van der Waals surface area contributed by atoms with Crippen molar-refractivity contribution in [3.8, 4) is 34.2 Å². The smallest absolute Gasteiger partial charge is 0.155 e. The van der Waals surface area contributed by atoms with Crippen molar-refractivity contribution in [1.29, 1.82) is 0 Å². The Morgan fingerprint density at radius 3 is 1.14 bits per heavy atom. The van der Waals surface area contributed by atoms with Gasteiger partial charge in [0, 0.05) is 82.1 Å². The number of carbonyl (C=O) groups is 3. The molecule has 12 nitrogen and oxygen atoms in total. The van der Waals surface area contributed by atoms with Crippen molar-refractivity contribution in [1.82, 2.24) is 29.1 Å². The maximum atomic E-state index is 10.0. The van der Waals surface area contributed by atoms with Crippen LogP contribution in [0.15, 0.2) is 163 Å². The van der Waals surface area contributed by atoms with E-state index in [4.69, 9.17) is 25.3 Å². The zero-order valence-electron chi connectivity index (χ0n) is 46.6. The van der Waals surface area contributed by atoms with Crippen LogP contribution in [0.3, 0.4) is 0 Å². The molecule has 410 valence electrons. The molecule has 4 heterocycles. The number of para-hydroxylation sites is 6. The van der Waals surface area contributed by atoms with Crippen LogP contribution < -0.4 is 0 Å². The molecule has 0 atom stereocenters. The van der Waals surface area contributed by atoms with E-state index in [9.17, 15) is 14.4 Å². The Morgan fingerprint density at radius 2 is 0.831 bits per heavy atom. The molecule has 8 rings (SSSR count). The molecule has 8 aromatic rings. The van der Waals surface area contributed by atoms with Crippen LogP contribution in [-0.2, 0) is 54.6 Å². The summed E-state index contributed by atoms with van der Waals surface area (Å²) in [6.45, 7) is 26.6. The Kier molecular flexibility index (Phi) is 27.4. The van der Waals surface area contributed by atoms with Gasteiger partial charge in [0.15, 0.2) is 17.3 Å². The number of hydrogen-bond donors (Lipinski definition) is 3. The van der Waals surface area contributed by atoms with Crippen LogP contribution in [0.5, 0.6) is 0 Å². The number of fused-ring (bicyclic) bond motifs is 2. The fourth-order valence-corrected chi connectivity index (χ4v) is 8.24. The minimum Gasteiger partial charge on any atom is -0.512 e. The first kappa shape index (κ1) is 66.2. The second-order valence-corrected chi connectivity index (χ2v) is 19.3. The number of rotatable bonds is 11. The molecule has 0 bridgehead atoms. The van der Waals surface area contributed by atoms with Crippen molar-refractivity contribution in [3.63, 3.8) is 0 Å². The second kappa shape index (κ2) is 31.9. The molecular formula is C63H73Ir2N6O6-. The van der Waals surface area contributed by atoms with Crippen LogP contribution in [0.25, 0.3) is 56.2 Å². The van der Waals surface area contributed by atoms with E-state index in [0.717, 1.165) is 44.8 Å². The zero-order valence-corrected chi connectivity index (χ0v) is 51.4. The SMILES string of the molecule is CC(=O)C=C(C)O.CC(=O)C=C(C)O.CC(=O)C=C(C)O.CC(C)c1cccc(C(C)C)c1-n1c(-c2[c-]ccnc2)nc2ccccc21.CC(C)c1cccc(C(C)C)c1-n1c(-c2cccnc2)nc2ccccc21.[Ir].[Ir]. The molecular weight excluding hydrogens is 1320 g/mol. The standard InChI is InChI=1S/C24H25N3.C24H24N3.3C5H8O2.2Ir/c2*1-16(2)19-10-7-11-20(17(3)4)23(19)27-22-13-6-5-12-21(22)26-24(27)18-9-8-14-25-15-18;3*1-4(6)3-5(2)7;;/h5-17H,1-4H3;5-8,10-17H,1-4H3;3*3,6H,1-2H3;;/q;-1;;;;;. The molecule has 0 amide bonds. The number of benzene rings is 4. The van der Waals surface area contributed by atoms with E-state index in [-0.39, 0.29) is 74.8 Å². The van der Waals surface area contributed by atoms with E-state index in [1.54, 1.807) is 12.4 Å². The van der Waals surface area contributed by atoms with Crippen LogP contribution in [-0.4, -0.2) is 61.7 Å². The Labute approximate surface area is 481 Å². The van der Waals surface area contributed by atoms with Crippen LogP contribution in [0.4, 0.5) is 0 Å². The monoisotopic (exact) mass is 1400 g/mol. The van der Waals surface area contributed by atoms with E-state index in [0.29, 0.717) is 23.7 Å². The maximum absolute atomic E-state index is 10.0. The van der Waals surface area contributed by atoms with Gasteiger partial charge in [-0.05, 0) is 124 Å². The van der Waals surface area contributed by atoms with Gasteiger partial charge >= 0.3 is 0 Å². The second-order valence-electron chi connectivity index (χ2n) is 19.3. The average molecular weight is 1390 g/mol. The summed E-state index contributed by atoms with van der Waals surface area (Å²) in [4.78, 5) is 48.6. The Morgan fingerprint density at radius 1 is 0.468 bits per heavy atom. The van der Waals surface area contributed by atoms with Gasteiger partial charge in [0.25, 0.3) is 0 Å². The van der Waals surface area contributed by atoms with Crippen LogP contribution in [0.1, 0.15) is 143 Å². The van der Waals surface area contributed by atoms with Gasteiger partial charge in [-0.2, -0.15) is 0 Å². The van der Waals surface area contributed by atoms with E-state index < -0.39 is 0 Å². The summed E-state index contributed by atoms with van der Waals surface area (Å²) >= 11 is 0. The van der Waals surface area contributed by atoms with Crippen LogP contribution >= 0.6 is 0 Å². The Balaban J connectivity index is 0.000000379. The largest absolute Gasteiger partial charge is 0.512 e. The predicted molar refractivity (Wildman–Crippen MR) is 305 cm³/mol. The summed E-state index contributed by atoms with van der Waals surface area (Å²) in [6.07, 6.45) is 10.8. The number of nitrogens with zero attached hydrogens (tertiary/aromatic N) is 6. The molecule has 0 aliphatic rings. The minimum atomic E-state index is -0.125. The molecule has 4 aromatic heterocycles. The summed E-state index contributed by atoms with van der Waals surface area (Å²) in [5, 5.41) is 25.1. The fourth-order valence-electron chi connectivity index (χ4n) is 8.24. The van der Waals surface area contributed by atoms with E-state index in [1.165, 1.54) is 93.4 Å². The summed E-state index contributed by atoms with van der Waals surface area (Å²) in [5.74, 6) is 3.30. The normalized spacial score (nSPS) is 11.3. The molecule has 0 aliphatic heterocycles. The number of aromatic nitrogens is 6. The summed E-state index contributed by atoms with van der Waals surface area (Å²) < 4.78 is 4.63. The summed E-state index contributed by atoms with van der Waals surface area (Å²) in [5.41, 5.74) is 14.0. The summed E-state index contributed by atoms with van der Waals surface area (Å²) in [6, 6.07) is 39.2. The molecule has 0 saturated heterocycles. The zero-order chi connectivity index (χ0) is 55.5. The van der Waals surface area contributed by atoms with Gasteiger partial charge in [0.2, 0.25) is 0 Å². The number of carbonyl (C=O) groups excluding carboxylic acids is 3. The van der Waals surface area contributed by atoms with Gasteiger partial charge in [0.05, 0.1) is 50.9 Å². The van der Waals surface area contributed by atoms with Gasteiger partial charge in [-0.3, -0.25) is 28.9 Å². The molecule has 77 heavy (non-hydrogen) atoms. The topological polar surface area (TPSA) is 173 Å². The fraction of sp³-hybridized carbons (Fsp3) is 0.286. The van der Waals surface area contributed by atoms with E-state index >= 15 is 0 Å². The number of pyridine rings is 2. The number of hydrogen-bond acceptors (Lipinski definition) is 10. The van der Waals surface area contributed by atoms with Crippen molar-refractivity contribution >= 4 is 39.4 Å². The number of allylic oxidation sites excluding steroid dienone is 6. The van der Waals surface area contributed by atoms with Crippen molar-refractivity contribution in [3.05, 3.63) is 192 Å². The molecule has 4 aromatic carbocycles. The number of aliphatic hydroxyl groups is 3. The van der Waals surface area contributed by atoms with Crippen molar-refractivity contribution < 1.29 is 69.9 Å². The molecule has 0 unspecified atom stereocenters. The molecule has 3 N–H and O–H groups in total. The van der Waals surface area contributed by atoms with Crippen LogP contribution in [0, 0.1) is 6.07 Å². The Bertz CT molecular complexity index is 2970. The van der Waals surface area contributed by atoms with E-state index in [1.807, 2.05) is 36.7 Å². The molecule has 14 heteroatoms. The van der Waals surface area contributed by atoms with Gasteiger partial charge < -0.3 is 24.9 Å². The van der Waals surface area contributed by atoms with Gasteiger partial charge in [-0.25, -0.2) is 4.98 Å². The van der Waals surface area contributed by atoms with Gasteiger partial charge in [-0.1, -0.05) is 134 Å². The number of imidazole rings is 2. The Hall–Kier alpha value is -6.95. The number of aliphatic hydroxyl groups excluding tert-OH is 3. The van der Waals surface area contributed by atoms with Crippen LogP contribution in [0.2, 0.25) is 0 Å². The van der Waals surface area contributed by atoms with Gasteiger partial charge in [0.1, 0.15) is 5.82 Å². The third kappa shape index (κ3) is 19.2. The van der Waals surface area contributed by atoms with Gasteiger partial charge in [-0.15, -0.1) is 12.1 Å². The quantitative estimate of drug-likeness (QED) is 0.0643. The van der Waals surface area contributed by atoms with E-state index in [2.05, 4.69) is 159 Å². The van der Waals surface area contributed by atoms with Crippen molar-refractivity contribution in [2.75, 3.05) is 0 Å². The first-order chi connectivity index (χ1) is 35.5. The average Bonchev–Trinajstić information content (AvgIpc) is 3.93. The molecule has 2 radical (unpaired) electrons. The molecule has 0 aliphatic carbocycles. The van der Waals surface area contributed by atoms with Crippen molar-refractivity contribution in [2.45, 2.75) is 121 Å². The molecule has 0 spiro atoms. The first-order valence-electron chi connectivity index (χ1n) is 25.1. The molecule has 0 saturated carbocycles. The third-order valence-corrected chi connectivity index (χ3v) is 11.3. The first-order valence-corrected chi connectivity index (χ1v) is 25.1. The third-order valence-electron chi connectivity index (χ3n) is 11.3. The minimum absolute atomic E-state index is 0. The summed E-state index contributed by atoms with van der Waals surface area (Å²) in [7, 11) is 0. The maximum Gasteiger partial charge on any atom is 0.155 e. The number of ketones is 3.